The Bertz CT molecular complexity index is 1980. The van der Waals surface area contributed by atoms with Crippen molar-refractivity contribution in [2.45, 2.75) is 39.0 Å². The van der Waals surface area contributed by atoms with Crippen molar-refractivity contribution < 1.29 is 45.7 Å². The molecule has 5 aromatic rings. The van der Waals surface area contributed by atoms with Crippen molar-refractivity contribution in [3.05, 3.63) is 112 Å². The molecular weight excluding hydrogens is 604 g/mol. The Morgan fingerprint density at radius 1 is 0.911 bits per heavy atom. The number of carbonyl (C=O) groups is 1. The second-order valence-corrected chi connectivity index (χ2v) is 10.6. The Labute approximate surface area is 251 Å². The highest BCUT2D eigenvalue weighted by molar-refractivity contribution is 5.92. The van der Waals surface area contributed by atoms with Crippen LogP contribution in [-0.4, -0.2) is 38.3 Å². The zero-order valence-corrected chi connectivity index (χ0v) is 23.5. The fourth-order valence-electron chi connectivity index (χ4n) is 5.03. The number of halogens is 6. The first kappa shape index (κ1) is 30.1. The lowest BCUT2D eigenvalue weighted by atomic mass is 10.0. The van der Waals surface area contributed by atoms with Crippen LogP contribution >= 0.6 is 0 Å². The summed E-state index contributed by atoms with van der Waals surface area (Å²) in [4.78, 5) is 19.7. The number of hydrogen-bond donors (Lipinski definition) is 1. The van der Waals surface area contributed by atoms with Crippen LogP contribution in [-0.2, 0) is 24.3 Å². The summed E-state index contributed by atoms with van der Waals surface area (Å²) in [6.07, 6.45) is 0.172. The lowest BCUT2D eigenvalue weighted by Gasteiger charge is -2.27. The van der Waals surface area contributed by atoms with Crippen molar-refractivity contribution in [2.75, 3.05) is 6.61 Å². The van der Waals surface area contributed by atoms with Gasteiger partial charge in [0.15, 0.2) is 11.6 Å². The molecule has 1 fully saturated rings. The predicted molar refractivity (Wildman–Crippen MR) is 149 cm³/mol. The van der Waals surface area contributed by atoms with Gasteiger partial charge < -0.3 is 19.1 Å². The number of aryl methyl sites for hydroxylation is 1. The lowest BCUT2D eigenvalue weighted by molar-refractivity contribution is -0.0589. The van der Waals surface area contributed by atoms with Crippen LogP contribution in [0, 0.1) is 41.8 Å². The number of aromatic nitrogens is 3. The second-order valence-electron chi connectivity index (χ2n) is 10.6. The summed E-state index contributed by atoms with van der Waals surface area (Å²) >= 11 is 0. The smallest absolute Gasteiger partial charge is 0.335 e. The van der Waals surface area contributed by atoms with Gasteiger partial charge in [-0.05, 0) is 73.0 Å². The molecule has 0 radical (unpaired) electrons. The topological polar surface area (TPSA) is 86.5 Å². The highest BCUT2D eigenvalue weighted by atomic mass is 19.1. The Balaban J connectivity index is 1.30. The molecule has 0 unspecified atom stereocenters. The van der Waals surface area contributed by atoms with E-state index in [4.69, 9.17) is 9.47 Å². The van der Waals surface area contributed by atoms with Crippen LogP contribution in [0.2, 0.25) is 0 Å². The van der Waals surface area contributed by atoms with Crippen LogP contribution in [0.25, 0.3) is 22.3 Å². The summed E-state index contributed by atoms with van der Waals surface area (Å²) in [6, 6.07) is 7.76. The van der Waals surface area contributed by atoms with Crippen molar-refractivity contribution in [3.63, 3.8) is 0 Å². The van der Waals surface area contributed by atoms with Gasteiger partial charge in [-0.1, -0.05) is 0 Å². The van der Waals surface area contributed by atoms with Crippen molar-refractivity contribution in [3.8, 4) is 17.1 Å². The molecule has 1 aliphatic rings. The van der Waals surface area contributed by atoms with Gasteiger partial charge >= 0.3 is 5.97 Å². The van der Waals surface area contributed by atoms with E-state index in [1.807, 2.05) is 0 Å². The van der Waals surface area contributed by atoms with E-state index >= 15 is 8.78 Å². The van der Waals surface area contributed by atoms with Gasteiger partial charge in [0.05, 0.1) is 29.4 Å². The predicted octanol–water partition coefficient (Wildman–Crippen LogP) is 6.90. The van der Waals surface area contributed by atoms with Crippen LogP contribution in [0.1, 0.15) is 39.3 Å². The number of pyridine rings is 1. The molecule has 0 amide bonds. The third kappa shape index (κ3) is 5.95. The number of hydrogen-bond acceptors (Lipinski definition) is 5. The van der Waals surface area contributed by atoms with E-state index in [0.717, 1.165) is 42.5 Å². The minimum atomic E-state index is -1.34. The van der Waals surface area contributed by atoms with Crippen LogP contribution in [0.5, 0.6) is 5.88 Å². The van der Waals surface area contributed by atoms with Gasteiger partial charge in [-0.15, -0.1) is 0 Å². The number of carboxylic acids is 1. The van der Waals surface area contributed by atoms with E-state index in [-0.39, 0.29) is 69.4 Å². The zero-order valence-electron chi connectivity index (χ0n) is 23.5. The lowest BCUT2D eigenvalue weighted by Crippen LogP contribution is -2.31. The van der Waals surface area contributed by atoms with Crippen molar-refractivity contribution in [1.29, 1.82) is 0 Å². The van der Waals surface area contributed by atoms with Gasteiger partial charge in [-0.2, -0.15) is 0 Å². The molecule has 45 heavy (non-hydrogen) atoms. The Hall–Kier alpha value is -4.91. The molecule has 6 rings (SSSR count). The molecule has 1 aliphatic heterocycles. The first-order valence-electron chi connectivity index (χ1n) is 13.7. The van der Waals surface area contributed by atoms with Gasteiger partial charge in [-0.25, -0.2) is 41.1 Å². The van der Waals surface area contributed by atoms with Crippen LogP contribution in [0.3, 0.4) is 0 Å². The van der Waals surface area contributed by atoms with E-state index in [0.29, 0.717) is 13.0 Å². The maximum absolute atomic E-state index is 15.5. The third-order valence-corrected chi connectivity index (χ3v) is 7.58. The van der Waals surface area contributed by atoms with Gasteiger partial charge in [0.1, 0.15) is 41.2 Å². The van der Waals surface area contributed by atoms with Gasteiger partial charge in [-0.3, -0.25) is 0 Å². The molecule has 3 aromatic carbocycles. The summed E-state index contributed by atoms with van der Waals surface area (Å²) in [7, 11) is 0. The highest BCUT2D eigenvalue weighted by Gasteiger charge is 2.25. The average Bonchev–Trinajstić information content (AvgIpc) is 3.31. The molecule has 0 spiro atoms. The molecule has 1 atom stereocenters. The largest absolute Gasteiger partial charge is 0.478 e. The maximum atomic E-state index is 15.5. The van der Waals surface area contributed by atoms with Crippen molar-refractivity contribution >= 4 is 17.0 Å². The summed E-state index contributed by atoms with van der Waals surface area (Å²) in [5.74, 6) is -6.91. The fourth-order valence-corrected chi connectivity index (χ4v) is 5.03. The number of nitrogens with zero attached hydrogens (tertiary/aromatic N) is 3. The number of rotatable bonds is 9. The zero-order chi connectivity index (χ0) is 32.0. The monoisotopic (exact) mass is 627 g/mol. The van der Waals surface area contributed by atoms with Gasteiger partial charge in [0.25, 0.3) is 5.88 Å². The standard InChI is InChI=1S/C32H23F6N3O4/c1-15-6-23(35)18(9-22(15)34)14-45-31-21(33)2-3-27(39-31)20-12-24(36)16(7-25(20)37)11-29-40-30-26(38)8-17(32(42)43)10-28(30)41(29)13-19-4-5-44-19/h2-3,6-10,12,19H,4-5,11,13-14H2,1H3,(H,42,43)/t19-/m0/s1. The molecule has 7 nitrogen and oxygen atoms in total. The van der Waals surface area contributed by atoms with Crippen molar-refractivity contribution in [1.82, 2.24) is 14.5 Å². The van der Waals surface area contributed by atoms with Crippen LogP contribution < -0.4 is 4.74 Å². The van der Waals surface area contributed by atoms with Gasteiger partial charge in [0, 0.05) is 24.2 Å². The molecule has 0 bridgehead atoms. The molecule has 1 N–H and O–H groups in total. The molecule has 0 saturated carbocycles. The molecule has 2 aromatic heterocycles. The molecule has 0 aliphatic carbocycles. The van der Waals surface area contributed by atoms with Crippen molar-refractivity contribution in [2.24, 2.45) is 0 Å². The molecule has 232 valence electrons. The normalized spacial score (nSPS) is 14.5. The Morgan fingerprint density at radius 2 is 1.64 bits per heavy atom. The first-order valence-corrected chi connectivity index (χ1v) is 13.7. The number of fused-ring (bicyclic) bond motifs is 1. The third-order valence-electron chi connectivity index (χ3n) is 7.58. The average molecular weight is 628 g/mol. The number of ether oxygens (including phenoxy) is 2. The van der Waals surface area contributed by atoms with Crippen LogP contribution in [0.15, 0.2) is 48.5 Å². The SMILES string of the molecule is Cc1cc(F)c(COc2nc(-c3cc(F)c(Cc4nc5c(F)cc(C(=O)O)cc5n4C[C@@H]4CCO4)cc3F)ccc2F)cc1F. The van der Waals surface area contributed by atoms with E-state index in [2.05, 4.69) is 9.97 Å². The minimum Gasteiger partial charge on any atom is -0.478 e. The number of carboxylic acid groups (broad SMARTS) is 1. The Kier molecular flexibility index (Phi) is 7.96. The highest BCUT2D eigenvalue weighted by Crippen LogP contribution is 2.30. The van der Waals surface area contributed by atoms with E-state index in [1.165, 1.54) is 17.6 Å². The summed E-state index contributed by atoms with van der Waals surface area (Å²) in [5.41, 5.74) is -1.03. The molecular formula is C32H23F6N3O4. The van der Waals surface area contributed by atoms with E-state index < -0.39 is 53.4 Å². The van der Waals surface area contributed by atoms with Crippen LogP contribution in [0.4, 0.5) is 26.3 Å². The first-order chi connectivity index (χ1) is 21.5. The van der Waals surface area contributed by atoms with E-state index in [1.54, 1.807) is 0 Å². The molecule has 1 saturated heterocycles. The number of aromatic carboxylic acids is 1. The summed E-state index contributed by atoms with van der Waals surface area (Å²) in [5, 5.41) is 9.40. The summed E-state index contributed by atoms with van der Waals surface area (Å²) in [6.45, 7) is 1.52. The van der Waals surface area contributed by atoms with E-state index in [9.17, 15) is 27.5 Å². The van der Waals surface area contributed by atoms with Gasteiger partial charge in [0.2, 0.25) is 0 Å². The summed E-state index contributed by atoms with van der Waals surface area (Å²) < 4.78 is 101. The number of imidazole rings is 1. The minimum absolute atomic E-state index is 0.0765. The quantitative estimate of drug-likeness (QED) is 0.179. The Morgan fingerprint density at radius 3 is 2.36 bits per heavy atom. The molecule has 3 heterocycles. The molecule has 13 heteroatoms. The number of benzene rings is 3. The maximum Gasteiger partial charge on any atom is 0.335 e. The fraction of sp³-hybridized carbons (Fsp3) is 0.219. The second kappa shape index (κ2) is 11.9.